The molecule has 2 aliphatic heterocycles. The topological polar surface area (TPSA) is 83.4 Å². The molecule has 2 fully saturated rings. The van der Waals surface area contributed by atoms with Gasteiger partial charge in [-0.3, -0.25) is 9.59 Å². The fourth-order valence-electron chi connectivity index (χ4n) is 6.05. The molecule has 1 N–H and O–H groups in total. The second-order valence-corrected chi connectivity index (χ2v) is 10.9. The molecule has 2 aromatic heterocycles. The third-order valence-electron chi connectivity index (χ3n) is 8.01. The van der Waals surface area contributed by atoms with Gasteiger partial charge in [0.05, 0.1) is 28.6 Å². The van der Waals surface area contributed by atoms with Crippen molar-refractivity contribution in [3.63, 3.8) is 0 Å². The van der Waals surface area contributed by atoms with Gasteiger partial charge in [-0.2, -0.15) is 18.3 Å². The number of aryl methyl sites for hydroxylation is 1. The molecule has 3 aromatic rings. The molecule has 3 atom stereocenters. The first-order valence-corrected chi connectivity index (χ1v) is 13.5. The van der Waals surface area contributed by atoms with Crippen LogP contribution in [0.3, 0.4) is 0 Å². The van der Waals surface area contributed by atoms with E-state index in [0.29, 0.717) is 48.3 Å². The number of nitrogens with zero attached hydrogens (tertiary/aromatic N) is 5. The average Bonchev–Trinajstić information content (AvgIpc) is 3.57. The number of rotatable bonds is 7. The number of nitrogens with one attached hydrogen (secondary N) is 1. The Bertz CT molecular complexity index is 1420. The maximum absolute atomic E-state index is 13.8. The lowest BCUT2D eigenvalue weighted by atomic mass is 10.0. The zero-order valence-corrected chi connectivity index (χ0v) is 23.1. The zero-order chi connectivity index (χ0) is 29.5. The highest BCUT2D eigenvalue weighted by Crippen LogP contribution is 2.34. The number of fused-ring (bicyclic) bond motifs is 1. The summed E-state index contributed by atoms with van der Waals surface area (Å²) >= 11 is 0. The number of aromatic nitrogens is 3. The van der Waals surface area contributed by atoms with E-state index >= 15 is 0 Å². The predicted octanol–water partition coefficient (Wildman–Crippen LogP) is 4.31. The second kappa shape index (κ2) is 11.2. The Morgan fingerprint density at radius 3 is 2.37 bits per heavy atom. The molecular weight excluding hydrogens is 540 g/mol. The molecule has 41 heavy (non-hydrogen) atoms. The molecule has 0 bridgehead atoms. The zero-order valence-electron chi connectivity index (χ0n) is 23.1. The number of carbonyl (C=O) groups excluding carboxylic acids is 2. The van der Waals surface area contributed by atoms with Crippen LogP contribution in [0.4, 0.5) is 17.6 Å². The molecule has 8 nitrogen and oxygen atoms in total. The maximum Gasteiger partial charge on any atom is 0.417 e. The lowest BCUT2D eigenvalue weighted by Gasteiger charge is -2.24. The highest BCUT2D eigenvalue weighted by molar-refractivity contribution is 5.96. The van der Waals surface area contributed by atoms with Gasteiger partial charge < -0.3 is 15.1 Å². The summed E-state index contributed by atoms with van der Waals surface area (Å²) < 4.78 is 54.0. The van der Waals surface area contributed by atoms with Crippen LogP contribution in [0.25, 0.3) is 5.82 Å². The highest BCUT2D eigenvalue weighted by Gasteiger charge is 2.42. The van der Waals surface area contributed by atoms with Gasteiger partial charge in [-0.15, -0.1) is 0 Å². The maximum atomic E-state index is 13.8. The van der Waals surface area contributed by atoms with E-state index in [1.807, 2.05) is 11.0 Å². The monoisotopic (exact) mass is 572 g/mol. The van der Waals surface area contributed by atoms with E-state index in [1.54, 1.807) is 19.9 Å². The first-order chi connectivity index (χ1) is 19.4. The molecule has 0 radical (unpaired) electrons. The van der Waals surface area contributed by atoms with Gasteiger partial charge in [0.2, 0.25) is 5.91 Å². The number of alkyl halides is 3. The van der Waals surface area contributed by atoms with E-state index in [9.17, 15) is 27.2 Å². The molecule has 0 saturated carbocycles. The summed E-state index contributed by atoms with van der Waals surface area (Å²) in [7, 11) is 0. The minimum Gasteiger partial charge on any atom is -0.349 e. The Morgan fingerprint density at radius 2 is 1.78 bits per heavy atom. The molecule has 2 saturated heterocycles. The molecule has 1 aromatic carbocycles. The summed E-state index contributed by atoms with van der Waals surface area (Å²) in [6, 6.07) is 8.18. The van der Waals surface area contributed by atoms with E-state index in [2.05, 4.69) is 20.3 Å². The van der Waals surface area contributed by atoms with E-state index in [4.69, 9.17) is 0 Å². The van der Waals surface area contributed by atoms with E-state index in [0.717, 1.165) is 37.5 Å². The summed E-state index contributed by atoms with van der Waals surface area (Å²) in [5.74, 6) is 0.164. The van der Waals surface area contributed by atoms with E-state index in [1.165, 1.54) is 29.8 Å². The standard InChI is InChI=1S/C29H32F4N6O2/c1-17-27(18(2)39(36-17)26-8-7-23(12-34-26)29(31,32)33)28(41)38-15-21-13-37(14-22(21)16-38)10-9-25(35-19(3)40)20-5-4-6-24(30)11-20/h4-8,11-12,21-22,25H,9-10,13-16H2,1-3H3,(H,35,40)/t21-,22?,25?/m0/s1. The van der Waals surface area contributed by atoms with Gasteiger partial charge in [0, 0.05) is 45.8 Å². The van der Waals surface area contributed by atoms with Crippen molar-refractivity contribution in [2.24, 2.45) is 11.8 Å². The van der Waals surface area contributed by atoms with Crippen LogP contribution in [0, 0.1) is 31.5 Å². The van der Waals surface area contributed by atoms with Gasteiger partial charge in [-0.25, -0.2) is 14.1 Å². The summed E-state index contributed by atoms with van der Waals surface area (Å²) in [4.78, 5) is 33.4. The molecule has 2 amide bonds. The molecule has 5 rings (SSSR count). The second-order valence-electron chi connectivity index (χ2n) is 10.9. The quantitative estimate of drug-likeness (QED) is 0.427. The normalized spacial score (nSPS) is 19.8. The average molecular weight is 573 g/mol. The van der Waals surface area contributed by atoms with Gasteiger partial charge in [-0.05, 0) is 61.9 Å². The van der Waals surface area contributed by atoms with Crippen molar-refractivity contribution in [1.29, 1.82) is 0 Å². The number of benzene rings is 1. The van der Waals surface area contributed by atoms with Gasteiger partial charge in [0.1, 0.15) is 5.82 Å². The van der Waals surface area contributed by atoms with Crippen LogP contribution in [-0.2, 0) is 11.0 Å². The SMILES string of the molecule is CC(=O)NC(CCN1CC2CN(C(=O)c3c(C)nn(-c4ccc(C(F)(F)F)cn4)c3C)C[C@@H]2C1)c1cccc(F)c1. The number of hydrogen-bond acceptors (Lipinski definition) is 5. The van der Waals surface area contributed by atoms with Crippen LogP contribution in [0.2, 0.25) is 0 Å². The molecule has 0 spiro atoms. The number of pyridine rings is 1. The van der Waals surface area contributed by atoms with Crippen molar-refractivity contribution in [3.8, 4) is 5.82 Å². The number of carbonyl (C=O) groups is 2. The Balaban J connectivity index is 1.21. The van der Waals surface area contributed by atoms with Crippen LogP contribution in [0.15, 0.2) is 42.6 Å². The highest BCUT2D eigenvalue weighted by atomic mass is 19.4. The van der Waals surface area contributed by atoms with Crippen molar-refractivity contribution >= 4 is 11.8 Å². The molecule has 218 valence electrons. The Labute approximate surface area is 235 Å². The van der Waals surface area contributed by atoms with Crippen molar-refractivity contribution in [3.05, 3.63) is 76.5 Å². The fourth-order valence-corrected chi connectivity index (χ4v) is 6.05. The minimum atomic E-state index is -4.49. The van der Waals surface area contributed by atoms with Gasteiger partial charge in [0.25, 0.3) is 5.91 Å². The third-order valence-corrected chi connectivity index (χ3v) is 8.01. The van der Waals surface area contributed by atoms with Crippen LogP contribution < -0.4 is 5.32 Å². The molecule has 12 heteroatoms. The smallest absolute Gasteiger partial charge is 0.349 e. The molecule has 0 aliphatic carbocycles. The fraction of sp³-hybridized carbons (Fsp3) is 0.448. The van der Waals surface area contributed by atoms with Crippen molar-refractivity contribution < 1.29 is 27.2 Å². The summed E-state index contributed by atoms with van der Waals surface area (Å²) in [6.45, 7) is 8.44. The molecule has 2 unspecified atom stereocenters. The third kappa shape index (κ3) is 6.12. The first-order valence-electron chi connectivity index (χ1n) is 13.5. The lowest BCUT2D eigenvalue weighted by molar-refractivity contribution is -0.137. The van der Waals surface area contributed by atoms with E-state index in [-0.39, 0.29) is 29.5 Å². The number of hydrogen-bond donors (Lipinski definition) is 1. The van der Waals surface area contributed by atoms with Crippen LogP contribution in [-0.4, -0.2) is 69.1 Å². The molecule has 4 heterocycles. The summed E-state index contributed by atoms with van der Waals surface area (Å²) in [5.41, 5.74) is 1.34. The number of halogens is 4. The van der Waals surface area contributed by atoms with Gasteiger partial charge in [-0.1, -0.05) is 12.1 Å². The number of likely N-dealkylation sites (tertiary alicyclic amines) is 2. The Morgan fingerprint density at radius 1 is 1.07 bits per heavy atom. The van der Waals surface area contributed by atoms with Crippen LogP contribution in [0.1, 0.15) is 52.3 Å². The Hall–Kier alpha value is -3.80. The van der Waals surface area contributed by atoms with Crippen molar-refractivity contribution in [2.45, 2.75) is 39.4 Å². The minimum absolute atomic E-state index is 0.143. The molecule has 2 aliphatic rings. The largest absolute Gasteiger partial charge is 0.417 e. The first kappa shape index (κ1) is 28.7. The van der Waals surface area contributed by atoms with Crippen molar-refractivity contribution in [2.75, 3.05) is 32.7 Å². The van der Waals surface area contributed by atoms with E-state index < -0.39 is 11.7 Å². The van der Waals surface area contributed by atoms with Crippen LogP contribution in [0.5, 0.6) is 0 Å². The van der Waals surface area contributed by atoms with Crippen LogP contribution >= 0.6 is 0 Å². The number of amides is 2. The lowest BCUT2D eigenvalue weighted by Crippen LogP contribution is -2.35. The predicted molar refractivity (Wildman–Crippen MR) is 143 cm³/mol. The van der Waals surface area contributed by atoms with Gasteiger partial charge in [0.15, 0.2) is 5.82 Å². The summed E-state index contributed by atoms with van der Waals surface area (Å²) in [6.07, 6.45) is -3.09. The van der Waals surface area contributed by atoms with Crippen molar-refractivity contribution in [1.82, 2.24) is 29.9 Å². The molecular formula is C29H32F4N6O2. The van der Waals surface area contributed by atoms with Gasteiger partial charge >= 0.3 is 6.18 Å². The summed E-state index contributed by atoms with van der Waals surface area (Å²) in [5, 5.41) is 7.33. The Kier molecular flexibility index (Phi) is 7.87.